The van der Waals surface area contributed by atoms with Gasteiger partial charge in [0.2, 0.25) is 5.82 Å². The molecule has 36 heavy (non-hydrogen) atoms. The standard InChI is InChI=1S/C26H27N9O/c1-19-10-15-33(22-18-21(31-32-26(22)27)20-6-2-3-7-23(20)36)16-17-35(19)25-9-12-28-24(30-25)8-4-13-34-14-5-11-29-34/h2-3,5-7,9,11-12,14,18-19,36H,10,13,15-17H2,1H3,(H2,27,32)/t19-/m1/s1. The van der Waals surface area contributed by atoms with Crippen LogP contribution in [0.15, 0.2) is 61.1 Å². The van der Waals surface area contributed by atoms with Gasteiger partial charge in [-0.05, 0) is 49.6 Å². The molecule has 182 valence electrons. The summed E-state index contributed by atoms with van der Waals surface area (Å²) in [5, 5.41) is 22.8. The fourth-order valence-electron chi connectivity index (χ4n) is 4.27. The molecule has 1 atom stereocenters. The quantitative estimate of drug-likeness (QED) is 0.424. The number of nitrogens with two attached hydrogens (primary N) is 1. The second kappa shape index (κ2) is 10.3. The summed E-state index contributed by atoms with van der Waals surface area (Å²) in [6.45, 7) is 4.95. The zero-order chi connectivity index (χ0) is 24.9. The lowest BCUT2D eigenvalue weighted by molar-refractivity contribution is 0.477. The molecule has 0 aliphatic carbocycles. The minimum atomic E-state index is 0.158. The number of rotatable bonds is 4. The maximum Gasteiger partial charge on any atom is 0.206 e. The molecule has 4 heterocycles. The van der Waals surface area contributed by atoms with Crippen LogP contribution in [0.25, 0.3) is 11.3 Å². The van der Waals surface area contributed by atoms with E-state index in [0.717, 1.165) is 37.6 Å². The molecule has 1 aliphatic rings. The van der Waals surface area contributed by atoms with E-state index in [9.17, 15) is 5.11 Å². The number of phenols is 1. The third-order valence-corrected chi connectivity index (χ3v) is 6.22. The zero-order valence-corrected chi connectivity index (χ0v) is 20.0. The highest BCUT2D eigenvalue weighted by atomic mass is 16.3. The average molecular weight is 482 g/mol. The van der Waals surface area contributed by atoms with Gasteiger partial charge in [0.15, 0.2) is 5.82 Å². The first kappa shape index (κ1) is 23.1. The Morgan fingerprint density at radius 1 is 1.08 bits per heavy atom. The molecular formula is C26H27N9O. The minimum absolute atomic E-state index is 0.158. The molecule has 0 unspecified atom stereocenters. The molecule has 1 fully saturated rings. The van der Waals surface area contributed by atoms with Crippen molar-refractivity contribution in [2.24, 2.45) is 0 Å². The van der Waals surface area contributed by atoms with Gasteiger partial charge in [-0.15, -0.1) is 10.2 Å². The van der Waals surface area contributed by atoms with Gasteiger partial charge < -0.3 is 20.6 Å². The molecule has 10 nitrogen and oxygen atoms in total. The van der Waals surface area contributed by atoms with Crippen molar-refractivity contribution < 1.29 is 5.11 Å². The average Bonchev–Trinajstić information content (AvgIpc) is 3.33. The Bertz CT molecular complexity index is 1390. The van der Waals surface area contributed by atoms with Crippen LogP contribution in [0.1, 0.15) is 19.2 Å². The Labute approximate surface area is 209 Å². The summed E-state index contributed by atoms with van der Waals surface area (Å²) in [5.74, 6) is 7.97. The lowest BCUT2D eigenvalue weighted by atomic mass is 10.1. The van der Waals surface area contributed by atoms with Gasteiger partial charge in [-0.1, -0.05) is 18.1 Å². The zero-order valence-electron chi connectivity index (χ0n) is 20.0. The van der Waals surface area contributed by atoms with E-state index in [2.05, 4.69) is 48.8 Å². The highest BCUT2D eigenvalue weighted by molar-refractivity contribution is 5.74. The van der Waals surface area contributed by atoms with Crippen molar-refractivity contribution in [3.05, 3.63) is 66.9 Å². The number of aromatic nitrogens is 6. The van der Waals surface area contributed by atoms with Crippen molar-refractivity contribution in [3.8, 4) is 28.8 Å². The van der Waals surface area contributed by atoms with Crippen molar-refractivity contribution in [1.29, 1.82) is 0 Å². The van der Waals surface area contributed by atoms with Gasteiger partial charge >= 0.3 is 0 Å². The first-order chi connectivity index (χ1) is 17.6. The maximum absolute atomic E-state index is 10.3. The number of para-hydroxylation sites is 1. The van der Waals surface area contributed by atoms with Crippen LogP contribution in [0.2, 0.25) is 0 Å². The topological polar surface area (TPSA) is 122 Å². The predicted octanol–water partition coefficient (Wildman–Crippen LogP) is 2.57. The van der Waals surface area contributed by atoms with E-state index < -0.39 is 0 Å². The minimum Gasteiger partial charge on any atom is -0.507 e. The number of aromatic hydroxyl groups is 1. The van der Waals surface area contributed by atoms with Gasteiger partial charge in [-0.25, -0.2) is 9.97 Å². The molecule has 1 saturated heterocycles. The molecule has 1 aliphatic heterocycles. The summed E-state index contributed by atoms with van der Waals surface area (Å²) in [4.78, 5) is 13.5. The van der Waals surface area contributed by atoms with Crippen LogP contribution in [0.4, 0.5) is 17.3 Å². The van der Waals surface area contributed by atoms with Crippen molar-refractivity contribution in [3.63, 3.8) is 0 Å². The molecule has 0 radical (unpaired) electrons. The Kier molecular flexibility index (Phi) is 6.62. The highest BCUT2D eigenvalue weighted by Crippen LogP contribution is 2.32. The number of nitrogen functional groups attached to an aromatic ring is 1. The molecule has 0 saturated carbocycles. The smallest absolute Gasteiger partial charge is 0.206 e. The summed E-state index contributed by atoms with van der Waals surface area (Å²) in [5.41, 5.74) is 8.25. The van der Waals surface area contributed by atoms with E-state index in [4.69, 9.17) is 10.7 Å². The molecule has 5 rings (SSSR count). The highest BCUT2D eigenvalue weighted by Gasteiger charge is 2.24. The van der Waals surface area contributed by atoms with E-state index in [0.29, 0.717) is 29.4 Å². The lowest BCUT2D eigenvalue weighted by Gasteiger charge is -2.28. The third kappa shape index (κ3) is 5.05. The van der Waals surface area contributed by atoms with Gasteiger partial charge in [0.05, 0.1) is 11.4 Å². The molecule has 0 bridgehead atoms. The van der Waals surface area contributed by atoms with E-state index in [1.165, 1.54) is 0 Å². The fourth-order valence-corrected chi connectivity index (χ4v) is 4.27. The van der Waals surface area contributed by atoms with Crippen LogP contribution in [-0.2, 0) is 6.54 Å². The SMILES string of the molecule is C[C@@H]1CCN(c2cc(-c3ccccc3O)nnc2N)CCN1c1ccnc(C#CCn2cccn2)n1. The van der Waals surface area contributed by atoms with E-state index in [-0.39, 0.29) is 11.8 Å². The number of hydrogen-bond donors (Lipinski definition) is 2. The van der Waals surface area contributed by atoms with Gasteiger partial charge in [-0.3, -0.25) is 4.68 Å². The Hall–Kier alpha value is -4.65. The second-order valence-electron chi connectivity index (χ2n) is 8.58. The summed E-state index contributed by atoms with van der Waals surface area (Å²) < 4.78 is 1.76. The van der Waals surface area contributed by atoms with Crippen LogP contribution >= 0.6 is 0 Å². The summed E-state index contributed by atoms with van der Waals surface area (Å²) in [6, 6.07) is 13.0. The fraction of sp³-hybridized carbons (Fsp3) is 0.269. The summed E-state index contributed by atoms with van der Waals surface area (Å²) in [7, 11) is 0. The molecule has 0 spiro atoms. The molecule has 10 heteroatoms. The third-order valence-electron chi connectivity index (χ3n) is 6.22. The molecule has 4 aromatic rings. The van der Waals surface area contributed by atoms with Gasteiger partial charge in [-0.2, -0.15) is 5.10 Å². The van der Waals surface area contributed by atoms with Gasteiger partial charge in [0.25, 0.3) is 0 Å². The molecule has 1 aromatic carbocycles. The van der Waals surface area contributed by atoms with E-state index >= 15 is 0 Å². The van der Waals surface area contributed by atoms with E-state index in [1.54, 1.807) is 29.2 Å². The van der Waals surface area contributed by atoms with Gasteiger partial charge in [0.1, 0.15) is 18.1 Å². The summed E-state index contributed by atoms with van der Waals surface area (Å²) in [6.07, 6.45) is 6.25. The van der Waals surface area contributed by atoms with Crippen molar-refractivity contribution >= 4 is 17.3 Å². The first-order valence-corrected chi connectivity index (χ1v) is 11.8. The molecule has 3 aromatic heterocycles. The molecular weight excluding hydrogens is 454 g/mol. The van der Waals surface area contributed by atoms with Gasteiger partial charge in [0, 0.05) is 49.8 Å². The largest absolute Gasteiger partial charge is 0.507 e. The Morgan fingerprint density at radius 2 is 1.97 bits per heavy atom. The van der Waals surface area contributed by atoms with Crippen molar-refractivity contribution in [2.45, 2.75) is 25.9 Å². The van der Waals surface area contributed by atoms with Crippen LogP contribution in [0.5, 0.6) is 5.75 Å². The Morgan fingerprint density at radius 3 is 2.81 bits per heavy atom. The van der Waals surface area contributed by atoms with E-state index in [1.807, 2.05) is 36.5 Å². The number of anilines is 3. The number of phenolic OH excluding ortho intramolecular Hbond substituents is 1. The number of nitrogens with zero attached hydrogens (tertiary/aromatic N) is 8. The van der Waals surface area contributed by atoms with Crippen LogP contribution in [0.3, 0.4) is 0 Å². The second-order valence-corrected chi connectivity index (χ2v) is 8.58. The monoisotopic (exact) mass is 481 g/mol. The van der Waals surface area contributed by atoms with Crippen molar-refractivity contribution in [2.75, 3.05) is 35.2 Å². The molecule has 0 amide bonds. The molecule has 3 N–H and O–H groups in total. The predicted molar refractivity (Wildman–Crippen MR) is 138 cm³/mol. The van der Waals surface area contributed by atoms with Crippen LogP contribution < -0.4 is 15.5 Å². The normalized spacial score (nSPS) is 15.8. The number of benzene rings is 1. The maximum atomic E-state index is 10.3. The summed E-state index contributed by atoms with van der Waals surface area (Å²) >= 11 is 0. The van der Waals surface area contributed by atoms with Crippen molar-refractivity contribution in [1.82, 2.24) is 29.9 Å². The first-order valence-electron chi connectivity index (χ1n) is 11.8. The Balaban J connectivity index is 1.33. The van der Waals surface area contributed by atoms with Crippen LogP contribution in [-0.4, -0.2) is 60.7 Å². The number of hydrogen-bond acceptors (Lipinski definition) is 9. The lowest BCUT2D eigenvalue weighted by Crippen LogP contribution is -2.35. The van der Waals surface area contributed by atoms with Crippen LogP contribution in [0, 0.1) is 11.8 Å².